The van der Waals surface area contributed by atoms with Gasteiger partial charge in [0.1, 0.15) is 11.5 Å². The Hall–Kier alpha value is -1.68. The van der Waals surface area contributed by atoms with Gasteiger partial charge in [0, 0.05) is 18.3 Å². The topological polar surface area (TPSA) is 53.6 Å². The van der Waals surface area contributed by atoms with Crippen molar-refractivity contribution in [3.05, 3.63) is 35.9 Å². The van der Waals surface area contributed by atoms with Crippen LogP contribution in [0.15, 0.2) is 24.4 Å². The predicted octanol–water partition coefficient (Wildman–Crippen LogP) is 2.32. The molecule has 3 rings (SSSR count). The van der Waals surface area contributed by atoms with E-state index >= 15 is 0 Å². The van der Waals surface area contributed by atoms with Crippen LogP contribution in [0.25, 0.3) is 11.4 Å². The first-order chi connectivity index (χ1) is 9.33. The first-order valence-electron chi connectivity index (χ1n) is 7.00. The summed E-state index contributed by atoms with van der Waals surface area (Å²) < 4.78 is 0. The van der Waals surface area contributed by atoms with Gasteiger partial charge in [0.25, 0.3) is 0 Å². The van der Waals surface area contributed by atoms with E-state index < -0.39 is 0 Å². The van der Waals surface area contributed by atoms with Crippen molar-refractivity contribution in [1.29, 1.82) is 0 Å². The minimum absolute atomic E-state index is 0.753. The number of rotatable bonds is 3. The van der Waals surface area contributed by atoms with Crippen LogP contribution in [0.3, 0.4) is 0 Å². The summed E-state index contributed by atoms with van der Waals surface area (Å²) >= 11 is 0. The second kappa shape index (κ2) is 5.53. The molecule has 4 nitrogen and oxygen atoms in total. The van der Waals surface area contributed by atoms with E-state index in [-0.39, 0.29) is 0 Å². The molecule has 0 spiro atoms. The molecule has 100 valence electrons. The van der Waals surface area contributed by atoms with Crippen LogP contribution >= 0.6 is 0 Å². The average Bonchev–Trinajstić information content (AvgIpc) is 2.82. The molecule has 0 aromatic carbocycles. The van der Waals surface area contributed by atoms with Crippen molar-refractivity contribution in [2.45, 2.75) is 26.2 Å². The zero-order chi connectivity index (χ0) is 13.1. The molecule has 1 aliphatic heterocycles. The molecule has 3 heterocycles. The van der Waals surface area contributed by atoms with E-state index in [1.165, 1.54) is 12.8 Å². The summed E-state index contributed by atoms with van der Waals surface area (Å²) in [6.07, 6.45) is 5.36. The highest BCUT2D eigenvalue weighted by Gasteiger charge is 2.17. The molecule has 0 saturated carbocycles. The Kier molecular flexibility index (Phi) is 3.60. The van der Waals surface area contributed by atoms with E-state index in [2.05, 4.69) is 22.2 Å². The zero-order valence-corrected chi connectivity index (χ0v) is 11.3. The third-order valence-electron chi connectivity index (χ3n) is 3.78. The molecule has 0 aliphatic carbocycles. The van der Waals surface area contributed by atoms with E-state index in [1.807, 2.05) is 24.4 Å². The van der Waals surface area contributed by atoms with Gasteiger partial charge in [0.2, 0.25) is 0 Å². The molecule has 2 N–H and O–H groups in total. The normalized spacial score (nSPS) is 16.7. The molecule has 0 atom stereocenters. The Balaban J connectivity index is 1.77. The van der Waals surface area contributed by atoms with Crippen molar-refractivity contribution in [2.75, 3.05) is 13.1 Å². The van der Waals surface area contributed by atoms with Gasteiger partial charge in [-0.3, -0.25) is 4.98 Å². The Morgan fingerprint density at radius 3 is 2.84 bits per heavy atom. The second-order valence-electron chi connectivity index (χ2n) is 5.27. The molecule has 0 bridgehead atoms. The maximum absolute atomic E-state index is 4.74. The number of piperidine rings is 1. The Labute approximate surface area is 113 Å². The quantitative estimate of drug-likeness (QED) is 0.886. The van der Waals surface area contributed by atoms with Gasteiger partial charge in [-0.2, -0.15) is 0 Å². The fourth-order valence-corrected chi connectivity index (χ4v) is 2.73. The highest BCUT2D eigenvalue weighted by Crippen LogP contribution is 2.22. The van der Waals surface area contributed by atoms with Crippen molar-refractivity contribution in [3.63, 3.8) is 0 Å². The molecule has 4 heteroatoms. The molecule has 1 fully saturated rings. The van der Waals surface area contributed by atoms with Crippen LogP contribution < -0.4 is 5.32 Å². The van der Waals surface area contributed by atoms with Crippen molar-refractivity contribution >= 4 is 0 Å². The van der Waals surface area contributed by atoms with E-state index in [0.717, 1.165) is 48.3 Å². The highest BCUT2D eigenvalue weighted by atomic mass is 15.0. The summed E-state index contributed by atoms with van der Waals surface area (Å²) in [5.41, 5.74) is 3.06. The summed E-state index contributed by atoms with van der Waals surface area (Å²) in [5, 5.41) is 3.40. The van der Waals surface area contributed by atoms with Gasteiger partial charge in [0.05, 0.1) is 5.69 Å². The van der Waals surface area contributed by atoms with E-state index in [9.17, 15) is 0 Å². The lowest BCUT2D eigenvalue weighted by Gasteiger charge is -2.21. The first-order valence-corrected chi connectivity index (χ1v) is 7.00. The van der Waals surface area contributed by atoms with Gasteiger partial charge < -0.3 is 10.3 Å². The summed E-state index contributed by atoms with van der Waals surface area (Å²) in [7, 11) is 0. The molecule has 1 aliphatic rings. The van der Waals surface area contributed by atoms with Crippen LogP contribution in [0.5, 0.6) is 0 Å². The number of hydrogen-bond donors (Lipinski definition) is 2. The van der Waals surface area contributed by atoms with Gasteiger partial charge >= 0.3 is 0 Å². The number of pyridine rings is 1. The van der Waals surface area contributed by atoms with Crippen molar-refractivity contribution in [3.8, 4) is 11.4 Å². The number of aryl methyl sites for hydroxylation is 1. The zero-order valence-electron chi connectivity index (χ0n) is 11.3. The molecule has 2 aromatic heterocycles. The van der Waals surface area contributed by atoms with Crippen LogP contribution in [0, 0.1) is 12.8 Å². The second-order valence-corrected chi connectivity index (χ2v) is 5.27. The van der Waals surface area contributed by atoms with Crippen molar-refractivity contribution < 1.29 is 0 Å². The van der Waals surface area contributed by atoms with E-state index in [1.54, 1.807) is 0 Å². The third kappa shape index (κ3) is 2.84. The number of aromatic amines is 1. The third-order valence-corrected chi connectivity index (χ3v) is 3.78. The summed E-state index contributed by atoms with van der Waals surface area (Å²) in [4.78, 5) is 12.5. The minimum atomic E-state index is 0.753. The van der Waals surface area contributed by atoms with Crippen molar-refractivity contribution in [2.24, 2.45) is 5.92 Å². The lowest BCUT2D eigenvalue weighted by molar-refractivity contribution is 0.368. The molecule has 19 heavy (non-hydrogen) atoms. The van der Waals surface area contributed by atoms with Crippen LogP contribution in [0.1, 0.15) is 24.4 Å². The lowest BCUT2D eigenvalue weighted by Crippen LogP contribution is -2.28. The van der Waals surface area contributed by atoms with Gasteiger partial charge in [-0.15, -0.1) is 0 Å². The first kappa shape index (κ1) is 12.4. The number of nitrogens with one attached hydrogen (secondary N) is 2. The van der Waals surface area contributed by atoms with Crippen molar-refractivity contribution in [1.82, 2.24) is 20.3 Å². The molecule has 0 amide bonds. The summed E-state index contributed by atoms with van der Waals surface area (Å²) in [5.74, 6) is 1.86. The Morgan fingerprint density at radius 2 is 2.11 bits per heavy atom. The van der Waals surface area contributed by atoms with Crippen LogP contribution in [-0.4, -0.2) is 28.0 Å². The number of imidazole rings is 1. The Morgan fingerprint density at radius 1 is 1.26 bits per heavy atom. The van der Waals surface area contributed by atoms with Gasteiger partial charge in [-0.1, -0.05) is 6.07 Å². The smallest absolute Gasteiger partial charge is 0.110 e. The van der Waals surface area contributed by atoms with E-state index in [0.29, 0.717) is 0 Å². The van der Waals surface area contributed by atoms with E-state index in [4.69, 9.17) is 4.98 Å². The largest absolute Gasteiger partial charge is 0.346 e. The average molecular weight is 256 g/mol. The van der Waals surface area contributed by atoms with Crippen LogP contribution in [-0.2, 0) is 6.42 Å². The maximum atomic E-state index is 4.74. The monoisotopic (exact) mass is 256 g/mol. The molecule has 0 unspecified atom stereocenters. The number of hydrogen-bond acceptors (Lipinski definition) is 3. The molecule has 1 saturated heterocycles. The van der Waals surface area contributed by atoms with Gasteiger partial charge in [-0.05, 0) is 50.9 Å². The fraction of sp³-hybridized carbons (Fsp3) is 0.467. The minimum Gasteiger partial charge on any atom is -0.346 e. The highest BCUT2D eigenvalue weighted by molar-refractivity contribution is 5.56. The Bertz CT molecular complexity index is 526. The summed E-state index contributed by atoms with van der Waals surface area (Å²) in [6.45, 7) is 4.35. The molecular formula is C15H20N4. The van der Waals surface area contributed by atoms with Crippen LogP contribution in [0.4, 0.5) is 0 Å². The molecule has 2 aromatic rings. The summed E-state index contributed by atoms with van der Waals surface area (Å²) in [6, 6.07) is 5.95. The lowest BCUT2D eigenvalue weighted by atomic mass is 9.94. The molecular weight excluding hydrogens is 236 g/mol. The van der Waals surface area contributed by atoms with Crippen LogP contribution in [0.2, 0.25) is 0 Å². The predicted molar refractivity (Wildman–Crippen MR) is 75.9 cm³/mol. The fourth-order valence-electron chi connectivity index (χ4n) is 2.73. The maximum Gasteiger partial charge on any atom is 0.110 e. The number of nitrogens with zero attached hydrogens (tertiary/aromatic N) is 2. The molecule has 0 radical (unpaired) electrons. The SMILES string of the molecule is Cc1[nH]c(CC2CCNCC2)nc1-c1ccccn1. The number of aromatic nitrogens is 3. The number of H-pyrrole nitrogens is 1. The standard InChI is InChI=1S/C15H20N4/c1-11-15(13-4-2-3-7-17-13)19-14(18-11)10-12-5-8-16-9-6-12/h2-4,7,12,16H,5-6,8-10H2,1H3,(H,18,19). The van der Waals surface area contributed by atoms with Gasteiger partial charge in [-0.25, -0.2) is 4.98 Å². The van der Waals surface area contributed by atoms with Gasteiger partial charge in [0.15, 0.2) is 0 Å².